The van der Waals surface area contributed by atoms with Gasteiger partial charge in [-0.3, -0.25) is 9.59 Å². The van der Waals surface area contributed by atoms with Crippen molar-refractivity contribution in [1.82, 2.24) is 5.32 Å². The minimum Gasteiger partial charge on any atom is -0.370 e. The number of primary amides is 1. The summed E-state index contributed by atoms with van der Waals surface area (Å²) < 4.78 is 0. The lowest BCUT2D eigenvalue weighted by Crippen LogP contribution is -2.24. The summed E-state index contributed by atoms with van der Waals surface area (Å²) in [6, 6.07) is 2.03. The van der Waals surface area contributed by atoms with Crippen molar-refractivity contribution in [2.45, 2.75) is 39.0 Å². The smallest absolute Gasteiger partial charge is 0.261 e. The Balaban J connectivity index is 1.88. The van der Waals surface area contributed by atoms with E-state index in [4.69, 9.17) is 5.73 Å². The van der Waals surface area contributed by atoms with E-state index in [-0.39, 0.29) is 11.8 Å². The van der Waals surface area contributed by atoms with Gasteiger partial charge in [-0.25, -0.2) is 0 Å². The van der Waals surface area contributed by atoms with E-state index in [2.05, 4.69) is 12.2 Å². The molecule has 1 atom stereocenters. The number of rotatable bonds is 5. The lowest BCUT2D eigenvalue weighted by molar-refractivity contribution is -0.118. The normalized spacial score (nSPS) is 17.8. The van der Waals surface area contributed by atoms with Crippen LogP contribution in [-0.4, -0.2) is 18.4 Å². The van der Waals surface area contributed by atoms with Gasteiger partial charge in [0.1, 0.15) is 0 Å². The zero-order valence-electron chi connectivity index (χ0n) is 11.2. The number of fused-ring (bicyclic) bond motifs is 1. The number of thiophene rings is 1. The Kier molecular flexibility index (Phi) is 4.58. The van der Waals surface area contributed by atoms with Crippen LogP contribution < -0.4 is 11.1 Å². The molecular formula is C14H20N2O2S. The molecule has 2 amide bonds. The lowest BCUT2D eigenvalue weighted by atomic mass is 9.90. The molecule has 3 N–H and O–H groups in total. The Bertz CT molecular complexity index is 482. The zero-order chi connectivity index (χ0) is 13.8. The molecule has 5 heteroatoms. The van der Waals surface area contributed by atoms with E-state index in [9.17, 15) is 9.59 Å². The van der Waals surface area contributed by atoms with Gasteiger partial charge in [-0.05, 0) is 43.2 Å². The van der Waals surface area contributed by atoms with Crippen LogP contribution in [0.5, 0.6) is 0 Å². The number of carbonyl (C=O) groups excluding carboxylic acids is 2. The summed E-state index contributed by atoms with van der Waals surface area (Å²) in [5.41, 5.74) is 6.39. The first-order chi connectivity index (χ1) is 9.06. The van der Waals surface area contributed by atoms with Gasteiger partial charge < -0.3 is 11.1 Å². The Morgan fingerprint density at radius 3 is 3.05 bits per heavy atom. The highest BCUT2D eigenvalue weighted by atomic mass is 32.1. The predicted octanol–water partition coefficient (Wildman–Crippen LogP) is 1.87. The molecule has 1 aliphatic carbocycles. The monoisotopic (exact) mass is 280 g/mol. The average Bonchev–Trinajstić information content (AvgIpc) is 2.77. The standard InChI is InChI=1S/C14H20N2O2S/c1-9-4-5-11-10(7-9)8-12(19-11)14(18)16-6-2-3-13(15)17/h8-9H,2-7H2,1H3,(H2,15,17)(H,16,18)/t9-/m0/s1. The third kappa shape index (κ3) is 3.80. The second-order valence-electron chi connectivity index (χ2n) is 5.23. The van der Waals surface area contributed by atoms with Crippen LogP contribution in [0.3, 0.4) is 0 Å². The maximum Gasteiger partial charge on any atom is 0.261 e. The Morgan fingerprint density at radius 2 is 2.32 bits per heavy atom. The second-order valence-corrected chi connectivity index (χ2v) is 6.37. The fraction of sp³-hybridized carbons (Fsp3) is 0.571. The van der Waals surface area contributed by atoms with Gasteiger partial charge in [0.25, 0.3) is 5.91 Å². The molecule has 4 nitrogen and oxygen atoms in total. The van der Waals surface area contributed by atoms with Gasteiger partial charge in [0, 0.05) is 17.8 Å². The average molecular weight is 280 g/mol. The summed E-state index contributed by atoms with van der Waals surface area (Å²) >= 11 is 1.61. The fourth-order valence-electron chi connectivity index (χ4n) is 2.37. The van der Waals surface area contributed by atoms with Crippen LogP contribution in [0, 0.1) is 5.92 Å². The van der Waals surface area contributed by atoms with Crippen molar-refractivity contribution in [3.63, 3.8) is 0 Å². The van der Waals surface area contributed by atoms with Gasteiger partial charge in [0.2, 0.25) is 5.91 Å². The number of hydrogen-bond acceptors (Lipinski definition) is 3. The molecule has 0 aliphatic heterocycles. The van der Waals surface area contributed by atoms with Gasteiger partial charge in [-0.2, -0.15) is 0 Å². The molecule has 1 aromatic heterocycles. The van der Waals surface area contributed by atoms with E-state index in [1.807, 2.05) is 6.07 Å². The molecule has 0 radical (unpaired) electrons. The largest absolute Gasteiger partial charge is 0.370 e. The van der Waals surface area contributed by atoms with Gasteiger partial charge in [0.05, 0.1) is 4.88 Å². The molecule has 0 bridgehead atoms. The van der Waals surface area contributed by atoms with Crippen LogP contribution in [0.4, 0.5) is 0 Å². The topological polar surface area (TPSA) is 72.2 Å². The number of carbonyl (C=O) groups is 2. The summed E-state index contributed by atoms with van der Waals surface area (Å²) in [5.74, 6) is 0.361. The molecule has 0 saturated carbocycles. The Morgan fingerprint density at radius 1 is 1.53 bits per heavy atom. The molecule has 1 aliphatic rings. The number of nitrogens with one attached hydrogen (secondary N) is 1. The van der Waals surface area contributed by atoms with Crippen LogP contribution in [0.15, 0.2) is 6.07 Å². The lowest BCUT2D eigenvalue weighted by Gasteiger charge is -2.16. The highest BCUT2D eigenvalue weighted by Gasteiger charge is 2.20. The molecule has 2 rings (SSSR count). The van der Waals surface area contributed by atoms with Gasteiger partial charge >= 0.3 is 0 Å². The van der Waals surface area contributed by atoms with E-state index in [0.29, 0.717) is 25.3 Å². The molecule has 1 aromatic rings. The highest BCUT2D eigenvalue weighted by Crippen LogP contribution is 2.32. The Labute approximate surface area is 117 Å². The van der Waals surface area contributed by atoms with Crippen molar-refractivity contribution in [2.24, 2.45) is 11.7 Å². The van der Waals surface area contributed by atoms with Crippen LogP contribution in [0.25, 0.3) is 0 Å². The molecule has 0 spiro atoms. The Hall–Kier alpha value is -1.36. The van der Waals surface area contributed by atoms with E-state index in [1.54, 1.807) is 11.3 Å². The van der Waals surface area contributed by atoms with Gasteiger partial charge in [0.15, 0.2) is 0 Å². The molecule has 0 unspecified atom stereocenters. The second kappa shape index (κ2) is 6.19. The predicted molar refractivity (Wildman–Crippen MR) is 76.3 cm³/mol. The van der Waals surface area contributed by atoms with Crippen LogP contribution in [0.2, 0.25) is 0 Å². The molecule has 104 valence electrons. The molecule has 0 aromatic carbocycles. The van der Waals surface area contributed by atoms with Gasteiger partial charge in [-0.15, -0.1) is 11.3 Å². The minimum absolute atomic E-state index is 0.0310. The first kappa shape index (κ1) is 14.1. The molecule has 1 heterocycles. The SMILES string of the molecule is C[C@H]1CCc2sc(C(=O)NCCCC(N)=O)cc2C1. The summed E-state index contributed by atoms with van der Waals surface area (Å²) in [5, 5.41) is 2.84. The third-order valence-electron chi connectivity index (χ3n) is 3.44. The fourth-order valence-corrected chi connectivity index (χ4v) is 3.49. The number of amides is 2. The summed E-state index contributed by atoms with van der Waals surface area (Å²) in [4.78, 5) is 24.7. The molecule has 19 heavy (non-hydrogen) atoms. The van der Waals surface area contributed by atoms with E-state index in [0.717, 1.165) is 17.7 Å². The van der Waals surface area contributed by atoms with E-state index >= 15 is 0 Å². The molecule has 0 saturated heterocycles. The maximum absolute atomic E-state index is 12.0. The third-order valence-corrected chi connectivity index (χ3v) is 4.67. The van der Waals surface area contributed by atoms with E-state index < -0.39 is 0 Å². The van der Waals surface area contributed by atoms with Crippen LogP contribution in [0.1, 0.15) is 46.3 Å². The summed E-state index contributed by atoms with van der Waals surface area (Å²) in [6.07, 6.45) is 4.31. The number of hydrogen-bond donors (Lipinski definition) is 2. The quantitative estimate of drug-likeness (QED) is 0.808. The van der Waals surface area contributed by atoms with Crippen molar-refractivity contribution < 1.29 is 9.59 Å². The van der Waals surface area contributed by atoms with Crippen LogP contribution >= 0.6 is 11.3 Å². The number of nitrogens with two attached hydrogens (primary N) is 1. The van der Waals surface area contributed by atoms with Crippen molar-refractivity contribution >= 4 is 23.2 Å². The van der Waals surface area contributed by atoms with Crippen molar-refractivity contribution in [3.05, 3.63) is 21.4 Å². The zero-order valence-corrected chi connectivity index (χ0v) is 12.0. The number of aryl methyl sites for hydroxylation is 1. The van der Waals surface area contributed by atoms with Crippen LogP contribution in [-0.2, 0) is 17.6 Å². The first-order valence-corrected chi connectivity index (χ1v) is 7.56. The van der Waals surface area contributed by atoms with Crippen molar-refractivity contribution in [3.8, 4) is 0 Å². The molecular weight excluding hydrogens is 260 g/mol. The molecule has 0 fully saturated rings. The maximum atomic E-state index is 12.0. The van der Waals surface area contributed by atoms with Crippen molar-refractivity contribution in [2.75, 3.05) is 6.54 Å². The summed E-state index contributed by atoms with van der Waals surface area (Å²) in [7, 11) is 0. The first-order valence-electron chi connectivity index (χ1n) is 6.74. The summed E-state index contributed by atoms with van der Waals surface area (Å²) in [6.45, 7) is 2.75. The van der Waals surface area contributed by atoms with Gasteiger partial charge in [-0.1, -0.05) is 6.92 Å². The highest BCUT2D eigenvalue weighted by molar-refractivity contribution is 7.14. The minimum atomic E-state index is -0.324. The van der Waals surface area contributed by atoms with Crippen molar-refractivity contribution in [1.29, 1.82) is 0 Å². The van der Waals surface area contributed by atoms with E-state index in [1.165, 1.54) is 16.9 Å².